The Balaban J connectivity index is 2.84. The van der Waals surface area contributed by atoms with Gasteiger partial charge in [-0.3, -0.25) is 9.59 Å². The van der Waals surface area contributed by atoms with Crippen LogP contribution in [0.2, 0.25) is 0 Å². The number of benzene rings is 1. The number of hydrogen-bond acceptors (Lipinski definition) is 4. The number of esters is 1. The molecule has 0 saturated carbocycles. The number of nitrogens with one attached hydrogen (secondary N) is 1. The number of hydrogen-bond donors (Lipinski definition) is 1. The van der Waals surface area contributed by atoms with Crippen LogP contribution in [0.5, 0.6) is 0 Å². The second-order valence-electron chi connectivity index (χ2n) is 7.13. The van der Waals surface area contributed by atoms with Crippen molar-refractivity contribution in [3.05, 3.63) is 59.7 Å². The lowest BCUT2D eigenvalue weighted by atomic mass is 9.95. The van der Waals surface area contributed by atoms with Crippen LogP contribution in [0.25, 0.3) is 0 Å². The van der Waals surface area contributed by atoms with Crippen LogP contribution in [0.1, 0.15) is 33.3 Å². The summed E-state index contributed by atoms with van der Waals surface area (Å²) < 4.78 is 10.5. The molecule has 28 heavy (non-hydrogen) atoms. The molecule has 0 aliphatic rings. The summed E-state index contributed by atoms with van der Waals surface area (Å²) in [6.07, 6.45) is 6.79. The molecule has 0 aliphatic heterocycles. The van der Waals surface area contributed by atoms with Crippen LogP contribution in [0.4, 0.5) is 0 Å². The molecule has 0 aromatic heterocycles. The van der Waals surface area contributed by atoms with Crippen LogP contribution in [0, 0.1) is 11.8 Å². The average Bonchev–Trinajstić information content (AvgIpc) is 2.68. The minimum Gasteiger partial charge on any atom is -0.469 e. The van der Waals surface area contributed by atoms with E-state index in [1.165, 1.54) is 19.6 Å². The van der Waals surface area contributed by atoms with E-state index in [-0.39, 0.29) is 23.9 Å². The third-order valence-corrected chi connectivity index (χ3v) is 4.74. The van der Waals surface area contributed by atoms with Gasteiger partial charge in [0.05, 0.1) is 25.2 Å². The highest BCUT2D eigenvalue weighted by atomic mass is 16.5. The van der Waals surface area contributed by atoms with Gasteiger partial charge in [0.25, 0.3) is 0 Å². The van der Waals surface area contributed by atoms with Crippen molar-refractivity contribution in [3.63, 3.8) is 0 Å². The molecule has 0 heterocycles. The van der Waals surface area contributed by atoms with Crippen LogP contribution >= 0.6 is 0 Å². The number of carbonyl (C=O) groups is 2. The molecule has 0 fully saturated rings. The fraction of sp³-hybridized carbons (Fsp3) is 0.478. The third kappa shape index (κ3) is 8.09. The van der Waals surface area contributed by atoms with Gasteiger partial charge in [-0.05, 0) is 25.8 Å². The minimum atomic E-state index is -0.472. The van der Waals surface area contributed by atoms with Gasteiger partial charge in [0, 0.05) is 20.0 Å². The molecule has 0 bridgehead atoms. The van der Waals surface area contributed by atoms with E-state index in [1.54, 1.807) is 14.0 Å². The largest absolute Gasteiger partial charge is 0.469 e. The molecular weight excluding hydrogens is 354 g/mol. The maximum Gasteiger partial charge on any atom is 0.310 e. The van der Waals surface area contributed by atoms with Crippen molar-refractivity contribution in [2.24, 2.45) is 11.8 Å². The number of carbonyl (C=O) groups excluding carboxylic acids is 2. The zero-order valence-corrected chi connectivity index (χ0v) is 17.8. The number of methoxy groups -OCH3 is 2. The summed E-state index contributed by atoms with van der Waals surface area (Å²) in [5.74, 6) is -0.823. The average molecular weight is 388 g/mol. The molecule has 5 heteroatoms. The molecule has 1 N–H and O–H groups in total. The molecule has 1 amide bonds. The highest BCUT2D eigenvalue weighted by molar-refractivity contribution is 5.77. The fourth-order valence-electron chi connectivity index (χ4n) is 3.07. The standard InChI is InChI=1S/C23H33NO4/c1-16(12-13-21(24-19(4)25)18(3)23(26)28-6)14-17(2)22(27-5)15-20-10-8-7-9-11-20/h7-14,17-18,21-22H,15H2,1-6H3,(H,24,25)/t17-,18-,21?,22-/m0/s1. The lowest BCUT2D eigenvalue weighted by molar-refractivity contribution is -0.145. The zero-order valence-electron chi connectivity index (χ0n) is 17.8. The van der Waals surface area contributed by atoms with Crippen molar-refractivity contribution in [1.82, 2.24) is 5.32 Å². The topological polar surface area (TPSA) is 64.6 Å². The lowest BCUT2D eigenvalue weighted by Gasteiger charge is -2.21. The van der Waals surface area contributed by atoms with Crippen molar-refractivity contribution in [3.8, 4) is 0 Å². The van der Waals surface area contributed by atoms with E-state index in [2.05, 4.69) is 30.4 Å². The van der Waals surface area contributed by atoms with Crippen molar-refractivity contribution in [2.75, 3.05) is 14.2 Å². The van der Waals surface area contributed by atoms with Crippen LogP contribution in [0.15, 0.2) is 54.1 Å². The highest BCUT2D eigenvalue weighted by Crippen LogP contribution is 2.17. The number of ether oxygens (including phenoxy) is 2. The first kappa shape index (κ1) is 23.6. The van der Waals surface area contributed by atoms with Crippen molar-refractivity contribution in [1.29, 1.82) is 0 Å². The van der Waals surface area contributed by atoms with Gasteiger partial charge in [-0.15, -0.1) is 0 Å². The van der Waals surface area contributed by atoms with Gasteiger partial charge in [0.15, 0.2) is 0 Å². The van der Waals surface area contributed by atoms with E-state index in [1.807, 2.05) is 37.3 Å². The Morgan fingerprint density at radius 2 is 1.75 bits per heavy atom. The highest BCUT2D eigenvalue weighted by Gasteiger charge is 2.23. The molecule has 4 atom stereocenters. The van der Waals surface area contributed by atoms with Crippen LogP contribution in [-0.4, -0.2) is 38.2 Å². The molecule has 1 unspecified atom stereocenters. The fourth-order valence-corrected chi connectivity index (χ4v) is 3.07. The molecule has 1 aromatic rings. The summed E-state index contributed by atoms with van der Waals surface area (Å²) in [6.45, 7) is 7.29. The Morgan fingerprint density at radius 3 is 2.29 bits per heavy atom. The number of amides is 1. The summed E-state index contributed by atoms with van der Waals surface area (Å²) in [6, 6.07) is 9.83. The normalized spacial score (nSPS) is 16.3. The van der Waals surface area contributed by atoms with Crippen LogP contribution in [-0.2, 0) is 25.5 Å². The number of allylic oxidation sites excluding steroid dienone is 2. The van der Waals surface area contributed by atoms with E-state index in [0.29, 0.717) is 0 Å². The van der Waals surface area contributed by atoms with Crippen molar-refractivity contribution >= 4 is 11.9 Å². The van der Waals surface area contributed by atoms with E-state index in [4.69, 9.17) is 9.47 Å². The summed E-state index contributed by atoms with van der Waals surface area (Å²) in [4.78, 5) is 23.3. The maximum absolute atomic E-state index is 11.8. The number of rotatable bonds is 10. The van der Waals surface area contributed by atoms with E-state index in [9.17, 15) is 9.59 Å². The molecule has 0 spiro atoms. The monoisotopic (exact) mass is 387 g/mol. The van der Waals surface area contributed by atoms with E-state index >= 15 is 0 Å². The van der Waals surface area contributed by atoms with Gasteiger partial charge < -0.3 is 14.8 Å². The van der Waals surface area contributed by atoms with Gasteiger partial charge in [-0.2, -0.15) is 0 Å². The quantitative estimate of drug-likeness (QED) is 0.491. The first-order valence-corrected chi connectivity index (χ1v) is 9.56. The SMILES string of the molecule is COC(=O)[C@@H](C)C(C=CC(C)=C[C@H](C)[C@H](Cc1ccccc1)OC)NC(C)=O. The van der Waals surface area contributed by atoms with Gasteiger partial charge in [-0.25, -0.2) is 0 Å². The predicted octanol–water partition coefficient (Wildman–Crippen LogP) is 3.70. The molecule has 5 nitrogen and oxygen atoms in total. The lowest BCUT2D eigenvalue weighted by Crippen LogP contribution is -2.40. The Kier molecular flexibility index (Phi) is 10.2. The Morgan fingerprint density at radius 1 is 1.11 bits per heavy atom. The molecule has 0 aliphatic carbocycles. The Hall–Kier alpha value is -2.40. The third-order valence-electron chi connectivity index (χ3n) is 4.74. The zero-order chi connectivity index (χ0) is 21.1. The molecule has 1 aromatic carbocycles. The summed E-state index contributed by atoms with van der Waals surface area (Å²) in [5.41, 5.74) is 2.27. The molecular formula is C23H33NO4. The molecule has 0 saturated heterocycles. The first-order valence-electron chi connectivity index (χ1n) is 9.56. The van der Waals surface area contributed by atoms with Crippen molar-refractivity contribution < 1.29 is 19.1 Å². The second-order valence-corrected chi connectivity index (χ2v) is 7.13. The maximum atomic E-state index is 11.8. The molecule has 154 valence electrons. The van der Waals surface area contributed by atoms with Crippen LogP contribution in [0.3, 0.4) is 0 Å². The smallest absolute Gasteiger partial charge is 0.310 e. The van der Waals surface area contributed by atoms with Crippen LogP contribution < -0.4 is 5.32 Å². The van der Waals surface area contributed by atoms with Gasteiger partial charge in [0.1, 0.15) is 0 Å². The summed E-state index contributed by atoms with van der Waals surface area (Å²) >= 11 is 0. The predicted molar refractivity (Wildman–Crippen MR) is 112 cm³/mol. The van der Waals surface area contributed by atoms with Gasteiger partial charge >= 0.3 is 5.97 Å². The van der Waals surface area contributed by atoms with Crippen molar-refractivity contribution in [2.45, 2.75) is 46.3 Å². The summed E-state index contributed by atoms with van der Waals surface area (Å²) in [5, 5.41) is 2.79. The minimum absolute atomic E-state index is 0.0610. The van der Waals surface area contributed by atoms with Gasteiger partial charge in [0.2, 0.25) is 5.91 Å². The molecule has 1 rings (SSSR count). The Bertz CT molecular complexity index is 681. The molecule has 0 radical (unpaired) electrons. The van der Waals surface area contributed by atoms with E-state index < -0.39 is 12.0 Å². The first-order chi connectivity index (χ1) is 13.3. The Labute approximate surface area is 168 Å². The second kappa shape index (κ2) is 12.1. The van der Waals surface area contributed by atoms with E-state index in [0.717, 1.165) is 12.0 Å². The van der Waals surface area contributed by atoms with Gasteiger partial charge in [-0.1, -0.05) is 61.1 Å². The summed E-state index contributed by atoms with van der Waals surface area (Å²) in [7, 11) is 3.08.